The molecule has 526 valence electrons. The van der Waals surface area contributed by atoms with Crippen LogP contribution in [-0.2, 0) is 36.2 Å². The zero-order chi connectivity index (χ0) is 67.9. The first kappa shape index (κ1) is 84.4. The molecule has 93 heavy (non-hydrogen) atoms. The van der Waals surface area contributed by atoms with Gasteiger partial charge in [-0.3, -0.25) is 9.59 Å². The first-order valence-electron chi connectivity index (χ1n) is 37.3. The van der Waals surface area contributed by atoms with E-state index in [0.717, 1.165) is 91.7 Å². The van der Waals surface area contributed by atoms with Crippen LogP contribution < -0.4 is 15.6 Å². The summed E-state index contributed by atoms with van der Waals surface area (Å²) < 4.78 is 54.5. The molecule has 13 heteroatoms. The quantitative estimate of drug-likeness (QED) is 0.0368. The summed E-state index contributed by atoms with van der Waals surface area (Å²) in [6.07, 6.45) is 69.8. The second-order valence-electron chi connectivity index (χ2n) is 26.7. The number of nitrogens with one attached hydrogen (secondary N) is 3. The number of hydrogen-bond acceptors (Lipinski definition) is 8. The van der Waals surface area contributed by atoms with Gasteiger partial charge < -0.3 is 19.7 Å². The van der Waals surface area contributed by atoms with Gasteiger partial charge in [-0.1, -0.05) is 321 Å². The van der Waals surface area contributed by atoms with E-state index in [9.17, 15) is 9.59 Å². The van der Waals surface area contributed by atoms with Gasteiger partial charge in [0.1, 0.15) is 0 Å². The molecule has 1 aliphatic carbocycles. The molecule has 1 aliphatic rings. The monoisotopic (exact) mass is 1320 g/mol. The molecule has 0 fully saturated rings. The maximum Gasteiger partial charge on any atom is 0.227 e. The van der Waals surface area contributed by atoms with Gasteiger partial charge in [-0.15, -0.1) is 0 Å². The third kappa shape index (κ3) is 51.3. The Hall–Kier alpha value is -4.69. The second kappa shape index (κ2) is 55.4. The van der Waals surface area contributed by atoms with E-state index < -0.39 is 20.2 Å². The van der Waals surface area contributed by atoms with Crippen molar-refractivity contribution in [2.24, 2.45) is 11.8 Å². The van der Waals surface area contributed by atoms with Crippen molar-refractivity contribution in [3.05, 3.63) is 119 Å². The standard InChI is InChI=1S/C78H123N3O2.2CH4O3S/c1-5-9-13-17-21-25-29-33-37-41-45-71(46-42-38-34-30-26-22-18-14-10-6-2)77(82)80-75-61-53-69(54-62-75)65-67-49-57-73(58-50-67)79-74-59-51-68(52-60-74)66-70-55-63-76(64-56-70)81-78(83)72(47-43-39-35-31-27-23-19-15-11-7-3)48-44-40-36-32-28-24-20-16-12-8-4;2*1-5(2,3)4/h49-65,71-72H,5-48,66H2,1-4H3,(H,80,82)(H,81,83);2*1H3,(H,2,3,4)/p-1. The van der Waals surface area contributed by atoms with Gasteiger partial charge in [-0.25, -0.2) is 21.8 Å². The van der Waals surface area contributed by atoms with Crippen LogP contribution in [0.3, 0.4) is 0 Å². The smallest absolute Gasteiger partial charge is 0.227 e. The van der Waals surface area contributed by atoms with Gasteiger partial charge in [-0.2, -0.15) is 0 Å². The molecular formula is C80H130N3O8S2-. The maximum absolute atomic E-state index is 13.8. The molecule has 0 aliphatic heterocycles. The zero-order valence-corrected chi connectivity index (χ0v) is 61.0. The molecule has 0 unspecified atom stereocenters. The van der Waals surface area contributed by atoms with Crippen molar-refractivity contribution in [1.82, 2.24) is 0 Å². The Kier molecular flexibility index (Phi) is 50.3. The summed E-state index contributed by atoms with van der Waals surface area (Å²) in [6.45, 7) is 9.15. The Balaban J connectivity index is 0.00000272. The van der Waals surface area contributed by atoms with E-state index in [-0.39, 0.29) is 23.7 Å². The first-order chi connectivity index (χ1) is 44.9. The summed E-state index contributed by atoms with van der Waals surface area (Å²) >= 11 is 0. The normalized spacial score (nSPS) is 12.2. The van der Waals surface area contributed by atoms with Crippen LogP contribution in [0.25, 0.3) is 6.08 Å². The van der Waals surface area contributed by atoms with Crippen LogP contribution in [0.15, 0.2) is 103 Å². The van der Waals surface area contributed by atoms with E-state index in [1.165, 1.54) is 242 Å². The average Bonchev–Trinajstić information content (AvgIpc) is 1.46. The Labute approximate surface area is 569 Å². The molecule has 4 rings (SSSR count). The van der Waals surface area contributed by atoms with Crippen molar-refractivity contribution in [3.63, 3.8) is 0 Å². The fourth-order valence-corrected chi connectivity index (χ4v) is 12.1. The second-order valence-corrected chi connectivity index (χ2v) is 29.6. The minimum atomic E-state index is -3.92. The van der Waals surface area contributed by atoms with Crippen LogP contribution in [-0.4, -0.2) is 56.0 Å². The van der Waals surface area contributed by atoms with Gasteiger partial charge in [0, 0.05) is 60.0 Å². The van der Waals surface area contributed by atoms with Crippen LogP contribution in [0.5, 0.6) is 0 Å². The molecule has 3 aromatic carbocycles. The topological polar surface area (TPSA) is 187 Å². The first-order valence-corrected chi connectivity index (χ1v) is 41.0. The van der Waals surface area contributed by atoms with Crippen LogP contribution >= 0.6 is 0 Å². The number of benzene rings is 3. The molecule has 0 saturated heterocycles. The molecule has 0 heterocycles. The highest BCUT2D eigenvalue weighted by Crippen LogP contribution is 2.26. The molecule has 3 aromatic rings. The van der Waals surface area contributed by atoms with E-state index in [1.807, 2.05) is 0 Å². The Morgan fingerprint density at radius 1 is 0.376 bits per heavy atom. The Morgan fingerprint density at radius 3 is 0.903 bits per heavy atom. The summed E-state index contributed by atoms with van der Waals surface area (Å²) in [4.78, 5) is 31.1. The summed E-state index contributed by atoms with van der Waals surface area (Å²) in [5.74, 6) is 0.593. The largest absolute Gasteiger partial charge is 0.748 e. The van der Waals surface area contributed by atoms with Crippen molar-refractivity contribution in [2.75, 3.05) is 23.1 Å². The number of rotatable bonds is 52. The predicted octanol–water partition coefficient (Wildman–Crippen LogP) is 21.3. The number of carbonyl (C=O) groups excluding carboxylic acids is 2. The summed E-state index contributed by atoms with van der Waals surface area (Å²) in [6, 6.07) is 25.6. The highest BCUT2D eigenvalue weighted by Gasteiger charge is 2.20. The van der Waals surface area contributed by atoms with Gasteiger partial charge in [0.05, 0.1) is 20.2 Å². The van der Waals surface area contributed by atoms with E-state index >= 15 is 0 Å². The zero-order valence-electron chi connectivity index (χ0n) is 59.4. The molecule has 0 aromatic heterocycles. The Bertz CT molecular complexity index is 2590. The van der Waals surface area contributed by atoms with Gasteiger partial charge >= 0.3 is 0 Å². The lowest BCUT2D eigenvalue weighted by Crippen LogP contribution is -2.65. The molecule has 2 amide bonds. The minimum Gasteiger partial charge on any atom is -0.748 e. The number of amides is 2. The number of carbonyl (C=O) groups is 2. The van der Waals surface area contributed by atoms with Crippen molar-refractivity contribution >= 4 is 60.9 Å². The van der Waals surface area contributed by atoms with Crippen molar-refractivity contribution in [1.29, 1.82) is 0 Å². The maximum atomic E-state index is 13.8. The summed E-state index contributed by atoms with van der Waals surface area (Å²) in [7, 11) is -7.83. The van der Waals surface area contributed by atoms with Crippen LogP contribution in [0, 0.1) is 11.8 Å². The molecular weight excluding hydrogens is 1200 g/mol. The van der Waals surface area contributed by atoms with E-state index in [2.05, 4.69) is 146 Å². The molecule has 3 N–H and O–H groups in total. The molecule has 0 bridgehead atoms. The van der Waals surface area contributed by atoms with Gasteiger partial charge in [0.25, 0.3) is 0 Å². The summed E-state index contributed by atoms with van der Waals surface area (Å²) in [5, 5.41) is 6.64. The van der Waals surface area contributed by atoms with Gasteiger partial charge in [0.2, 0.25) is 23.2 Å². The molecule has 0 saturated carbocycles. The molecule has 11 nitrogen and oxygen atoms in total. The average molecular weight is 1330 g/mol. The highest BCUT2D eigenvalue weighted by atomic mass is 32.2. The number of allylic oxidation sites excluding steroid dienone is 5. The molecule has 0 radical (unpaired) electrons. The van der Waals surface area contributed by atoms with Crippen LogP contribution in [0.4, 0.5) is 17.1 Å². The summed E-state index contributed by atoms with van der Waals surface area (Å²) in [5.41, 5.74) is 8.64. The highest BCUT2D eigenvalue weighted by molar-refractivity contribution is 7.85. The van der Waals surface area contributed by atoms with Gasteiger partial charge in [-0.05, 0) is 96.9 Å². The Morgan fingerprint density at radius 2 is 0.624 bits per heavy atom. The SMILES string of the molecule is CCCCCCCCCCCCC(CCCCCCCCCCCC)C(=O)Nc1ccc(C=C2C=CC(=[NH+]c3ccc(Cc4ccc(NC(=O)C(CCCCCCCCCCCC)CCCCCCCCCCCC)cc4)cc3)C=C2)cc1.CS(=O)(=O)[O-].CS(=O)(=O)[O-]. The predicted molar refractivity (Wildman–Crippen MR) is 395 cm³/mol. The third-order valence-electron chi connectivity index (χ3n) is 17.7. The van der Waals surface area contributed by atoms with Gasteiger partial charge in [0.15, 0.2) is 0 Å². The number of hydrogen-bond donors (Lipinski definition) is 3. The van der Waals surface area contributed by atoms with E-state index in [4.69, 9.17) is 25.9 Å². The van der Waals surface area contributed by atoms with E-state index in [1.54, 1.807) is 0 Å². The van der Waals surface area contributed by atoms with E-state index in [0.29, 0.717) is 12.5 Å². The van der Waals surface area contributed by atoms with Crippen molar-refractivity contribution < 1.29 is 40.5 Å². The minimum absolute atomic E-state index is 0.0892. The lowest BCUT2D eigenvalue weighted by Gasteiger charge is -2.17. The fraction of sp³-hybridized carbons (Fsp3) is 0.662. The van der Waals surface area contributed by atoms with Crippen molar-refractivity contribution in [2.45, 2.75) is 317 Å². The molecule has 0 atom stereocenters. The lowest BCUT2D eigenvalue weighted by molar-refractivity contribution is -0.351. The molecule has 0 spiro atoms. The lowest BCUT2D eigenvalue weighted by atomic mass is 9.93. The third-order valence-corrected chi connectivity index (χ3v) is 17.7. The van der Waals surface area contributed by atoms with Crippen molar-refractivity contribution in [3.8, 4) is 0 Å². The number of unbranched alkanes of at least 4 members (excludes halogenated alkanes) is 36. The van der Waals surface area contributed by atoms with Crippen LogP contribution in [0.2, 0.25) is 0 Å². The van der Waals surface area contributed by atoms with Crippen LogP contribution in [0.1, 0.15) is 327 Å². The number of anilines is 2. The fourth-order valence-electron chi connectivity index (χ4n) is 12.1.